The normalized spacial score (nSPS) is 17.9. The smallest absolute Gasteiger partial charge is 0.244 e. The van der Waals surface area contributed by atoms with Gasteiger partial charge in [-0.25, -0.2) is 0 Å². The standard InChI is InChI=1S/C17H23N3O3/c1-3-4-15-9-17(23)20(11-18-15)10-16(22)19-14-7-5-13(6-8-14)12(2)21/h5-8,15,18H,3-4,9-11H2,1-2H3,(H,19,22). The predicted molar refractivity (Wildman–Crippen MR) is 88.1 cm³/mol. The first-order chi connectivity index (χ1) is 11.0. The summed E-state index contributed by atoms with van der Waals surface area (Å²) in [6.45, 7) is 4.01. The van der Waals surface area contributed by atoms with Crippen LogP contribution in [0.2, 0.25) is 0 Å². The molecule has 1 aliphatic rings. The van der Waals surface area contributed by atoms with Crippen molar-refractivity contribution in [1.29, 1.82) is 0 Å². The molecule has 0 aliphatic carbocycles. The molecular formula is C17H23N3O3. The van der Waals surface area contributed by atoms with E-state index in [1.165, 1.54) is 11.8 Å². The van der Waals surface area contributed by atoms with Crippen LogP contribution in [0.4, 0.5) is 5.69 Å². The molecule has 0 saturated carbocycles. The molecule has 1 unspecified atom stereocenters. The van der Waals surface area contributed by atoms with Gasteiger partial charge in [-0.05, 0) is 37.6 Å². The summed E-state index contributed by atoms with van der Waals surface area (Å²) in [5, 5.41) is 6.02. The van der Waals surface area contributed by atoms with Crippen LogP contribution in [0.3, 0.4) is 0 Å². The van der Waals surface area contributed by atoms with E-state index in [0.717, 1.165) is 12.8 Å². The molecule has 0 spiro atoms. The van der Waals surface area contributed by atoms with Crippen LogP contribution < -0.4 is 10.6 Å². The van der Waals surface area contributed by atoms with Gasteiger partial charge in [-0.15, -0.1) is 0 Å². The molecule has 1 aromatic carbocycles. The Morgan fingerprint density at radius 3 is 2.57 bits per heavy atom. The van der Waals surface area contributed by atoms with Gasteiger partial charge in [0.25, 0.3) is 0 Å². The molecule has 1 fully saturated rings. The van der Waals surface area contributed by atoms with Crippen molar-refractivity contribution in [1.82, 2.24) is 10.2 Å². The van der Waals surface area contributed by atoms with Crippen LogP contribution in [-0.4, -0.2) is 41.8 Å². The second-order valence-electron chi connectivity index (χ2n) is 5.83. The lowest BCUT2D eigenvalue weighted by atomic mass is 10.1. The van der Waals surface area contributed by atoms with E-state index in [0.29, 0.717) is 24.3 Å². The van der Waals surface area contributed by atoms with Crippen LogP contribution in [0, 0.1) is 0 Å². The highest BCUT2D eigenvalue weighted by molar-refractivity contribution is 5.97. The van der Waals surface area contributed by atoms with Crippen molar-refractivity contribution < 1.29 is 14.4 Å². The SMILES string of the molecule is CCCC1CC(=O)N(CC(=O)Nc2ccc(C(C)=O)cc2)CN1. The Balaban J connectivity index is 1.85. The van der Waals surface area contributed by atoms with Crippen molar-refractivity contribution >= 4 is 23.3 Å². The van der Waals surface area contributed by atoms with Crippen molar-refractivity contribution in [2.24, 2.45) is 0 Å². The first kappa shape index (κ1) is 17.1. The second-order valence-corrected chi connectivity index (χ2v) is 5.83. The molecule has 2 N–H and O–H groups in total. The lowest BCUT2D eigenvalue weighted by Crippen LogP contribution is -2.52. The van der Waals surface area contributed by atoms with Gasteiger partial charge in [0.15, 0.2) is 5.78 Å². The topological polar surface area (TPSA) is 78.5 Å². The van der Waals surface area contributed by atoms with E-state index in [4.69, 9.17) is 0 Å². The Hall–Kier alpha value is -2.21. The summed E-state index contributed by atoms with van der Waals surface area (Å²) in [6.07, 6.45) is 2.43. The molecule has 6 nitrogen and oxygen atoms in total. The van der Waals surface area contributed by atoms with Gasteiger partial charge < -0.3 is 10.2 Å². The molecule has 2 rings (SSSR count). The quantitative estimate of drug-likeness (QED) is 0.784. The fourth-order valence-electron chi connectivity index (χ4n) is 2.60. The number of carbonyl (C=O) groups is 3. The van der Waals surface area contributed by atoms with E-state index in [2.05, 4.69) is 17.6 Å². The molecular weight excluding hydrogens is 294 g/mol. The van der Waals surface area contributed by atoms with Crippen molar-refractivity contribution in [3.8, 4) is 0 Å². The highest BCUT2D eigenvalue weighted by Gasteiger charge is 2.25. The molecule has 0 bridgehead atoms. The van der Waals surface area contributed by atoms with Crippen LogP contribution in [0.15, 0.2) is 24.3 Å². The second kappa shape index (κ2) is 7.87. The van der Waals surface area contributed by atoms with Crippen LogP contribution in [0.5, 0.6) is 0 Å². The molecule has 124 valence electrons. The first-order valence-corrected chi connectivity index (χ1v) is 7.91. The highest BCUT2D eigenvalue weighted by atomic mass is 16.2. The number of hydrogen-bond donors (Lipinski definition) is 2. The largest absolute Gasteiger partial charge is 0.325 e. The van der Waals surface area contributed by atoms with E-state index in [1.54, 1.807) is 24.3 Å². The van der Waals surface area contributed by atoms with Crippen molar-refractivity contribution in [3.05, 3.63) is 29.8 Å². The van der Waals surface area contributed by atoms with Gasteiger partial charge in [-0.2, -0.15) is 0 Å². The molecule has 1 aromatic rings. The number of anilines is 1. The predicted octanol–water partition coefficient (Wildman–Crippen LogP) is 1.78. The third-order valence-electron chi connectivity index (χ3n) is 3.89. The van der Waals surface area contributed by atoms with Gasteiger partial charge in [0.05, 0.1) is 6.67 Å². The molecule has 2 amide bonds. The summed E-state index contributed by atoms with van der Waals surface area (Å²) in [7, 11) is 0. The minimum atomic E-state index is -0.246. The fraction of sp³-hybridized carbons (Fsp3) is 0.471. The zero-order valence-electron chi connectivity index (χ0n) is 13.6. The van der Waals surface area contributed by atoms with E-state index >= 15 is 0 Å². The van der Waals surface area contributed by atoms with E-state index in [-0.39, 0.29) is 30.2 Å². The minimum absolute atomic E-state index is 0.00396. The summed E-state index contributed by atoms with van der Waals surface area (Å²) >= 11 is 0. The van der Waals surface area contributed by atoms with Gasteiger partial charge in [-0.3, -0.25) is 19.7 Å². The Kier molecular flexibility index (Phi) is 5.87. The maximum atomic E-state index is 12.1. The molecule has 1 heterocycles. The Labute approximate surface area is 136 Å². The van der Waals surface area contributed by atoms with Crippen LogP contribution in [0.25, 0.3) is 0 Å². The molecule has 1 aliphatic heterocycles. The van der Waals surface area contributed by atoms with E-state index in [9.17, 15) is 14.4 Å². The zero-order valence-corrected chi connectivity index (χ0v) is 13.6. The Morgan fingerprint density at radius 2 is 2.00 bits per heavy atom. The Bertz CT molecular complexity index is 583. The summed E-state index contributed by atoms with van der Waals surface area (Å²) in [5.41, 5.74) is 1.21. The number of amides is 2. The van der Waals surface area contributed by atoms with Crippen molar-refractivity contribution in [2.75, 3.05) is 18.5 Å². The van der Waals surface area contributed by atoms with E-state index in [1.807, 2.05) is 0 Å². The number of Topliss-reactive ketones (excluding diaryl/α,β-unsaturated/α-hetero) is 1. The third kappa shape index (κ3) is 4.89. The fourth-order valence-corrected chi connectivity index (χ4v) is 2.60. The lowest BCUT2D eigenvalue weighted by molar-refractivity contribution is -0.138. The van der Waals surface area contributed by atoms with Crippen molar-refractivity contribution in [2.45, 2.75) is 39.2 Å². The van der Waals surface area contributed by atoms with Gasteiger partial charge in [0.2, 0.25) is 11.8 Å². The third-order valence-corrected chi connectivity index (χ3v) is 3.89. The monoisotopic (exact) mass is 317 g/mol. The summed E-state index contributed by atoms with van der Waals surface area (Å²) in [6, 6.07) is 6.91. The maximum Gasteiger partial charge on any atom is 0.244 e. The summed E-state index contributed by atoms with van der Waals surface area (Å²) in [4.78, 5) is 36.8. The molecule has 1 atom stereocenters. The summed E-state index contributed by atoms with van der Waals surface area (Å²) < 4.78 is 0. The van der Waals surface area contributed by atoms with Gasteiger partial charge in [0.1, 0.15) is 6.54 Å². The molecule has 1 saturated heterocycles. The number of ketones is 1. The lowest BCUT2D eigenvalue weighted by Gasteiger charge is -2.32. The number of nitrogens with zero attached hydrogens (tertiary/aromatic N) is 1. The number of rotatable bonds is 6. The van der Waals surface area contributed by atoms with Crippen molar-refractivity contribution in [3.63, 3.8) is 0 Å². The summed E-state index contributed by atoms with van der Waals surface area (Å²) in [5.74, 6) is -0.261. The first-order valence-electron chi connectivity index (χ1n) is 7.91. The molecule has 6 heteroatoms. The average molecular weight is 317 g/mol. The molecule has 23 heavy (non-hydrogen) atoms. The van der Waals surface area contributed by atoms with E-state index < -0.39 is 0 Å². The van der Waals surface area contributed by atoms with Gasteiger partial charge >= 0.3 is 0 Å². The number of hydrogen-bond acceptors (Lipinski definition) is 4. The number of nitrogens with one attached hydrogen (secondary N) is 2. The minimum Gasteiger partial charge on any atom is -0.325 e. The number of carbonyl (C=O) groups excluding carboxylic acids is 3. The highest BCUT2D eigenvalue weighted by Crippen LogP contribution is 2.12. The molecule has 0 radical (unpaired) electrons. The molecule has 0 aromatic heterocycles. The van der Waals surface area contributed by atoms with Crippen LogP contribution >= 0.6 is 0 Å². The average Bonchev–Trinajstić information content (AvgIpc) is 2.51. The van der Waals surface area contributed by atoms with Crippen LogP contribution in [-0.2, 0) is 9.59 Å². The van der Waals surface area contributed by atoms with Gasteiger partial charge in [0, 0.05) is 23.7 Å². The van der Waals surface area contributed by atoms with Crippen LogP contribution in [0.1, 0.15) is 43.5 Å². The zero-order chi connectivity index (χ0) is 16.8. The number of benzene rings is 1. The van der Waals surface area contributed by atoms with Gasteiger partial charge in [-0.1, -0.05) is 13.3 Å². The Morgan fingerprint density at radius 1 is 1.30 bits per heavy atom. The maximum absolute atomic E-state index is 12.1.